The molecule has 0 aromatic carbocycles. The molecule has 5 nitrogen and oxygen atoms in total. The molecule has 0 spiro atoms. The van der Waals surface area contributed by atoms with Crippen molar-refractivity contribution in [3.8, 4) is 0 Å². The van der Waals surface area contributed by atoms with Crippen molar-refractivity contribution in [3.05, 3.63) is 17.5 Å². The summed E-state index contributed by atoms with van der Waals surface area (Å²) in [5, 5.41) is 7.29. The summed E-state index contributed by atoms with van der Waals surface area (Å²) < 4.78 is 11.1. The van der Waals surface area contributed by atoms with Crippen LogP contribution >= 0.6 is 0 Å². The standard InChI is InChI=1S/C13H21N3O2/c1-10-8-14-15-13(10)12-9-18-7-4-16(12)11-2-5-17-6-3-11/h8,11-12H,2-7,9H2,1H3,(H,14,15). The molecule has 1 aromatic rings. The van der Waals surface area contributed by atoms with E-state index in [2.05, 4.69) is 22.0 Å². The van der Waals surface area contributed by atoms with Gasteiger partial charge in [-0.25, -0.2) is 0 Å². The lowest BCUT2D eigenvalue weighted by Gasteiger charge is -2.42. The fraction of sp³-hybridized carbons (Fsp3) is 0.769. The molecule has 0 bridgehead atoms. The van der Waals surface area contributed by atoms with Gasteiger partial charge >= 0.3 is 0 Å². The van der Waals surface area contributed by atoms with E-state index in [0.29, 0.717) is 12.1 Å². The first kappa shape index (κ1) is 12.1. The molecule has 100 valence electrons. The minimum Gasteiger partial charge on any atom is -0.381 e. The molecule has 1 N–H and O–H groups in total. The van der Waals surface area contributed by atoms with Crippen LogP contribution in [0.5, 0.6) is 0 Å². The maximum absolute atomic E-state index is 5.66. The summed E-state index contributed by atoms with van der Waals surface area (Å²) in [4.78, 5) is 2.58. The molecule has 2 saturated heterocycles. The highest BCUT2D eigenvalue weighted by atomic mass is 16.5. The second-order valence-electron chi connectivity index (χ2n) is 5.14. The predicted molar refractivity (Wildman–Crippen MR) is 67.4 cm³/mol. The Morgan fingerprint density at radius 2 is 2.11 bits per heavy atom. The van der Waals surface area contributed by atoms with E-state index >= 15 is 0 Å². The van der Waals surface area contributed by atoms with E-state index in [9.17, 15) is 0 Å². The number of aromatic amines is 1. The minimum atomic E-state index is 0.323. The molecular formula is C13H21N3O2. The zero-order chi connectivity index (χ0) is 12.4. The van der Waals surface area contributed by atoms with E-state index in [4.69, 9.17) is 9.47 Å². The number of nitrogens with zero attached hydrogens (tertiary/aromatic N) is 2. The van der Waals surface area contributed by atoms with Gasteiger partial charge in [-0.1, -0.05) is 0 Å². The third-order valence-electron chi connectivity index (χ3n) is 4.03. The largest absolute Gasteiger partial charge is 0.381 e. The van der Waals surface area contributed by atoms with E-state index in [1.54, 1.807) is 0 Å². The summed E-state index contributed by atoms with van der Waals surface area (Å²) in [5.41, 5.74) is 2.43. The molecule has 2 aliphatic rings. The monoisotopic (exact) mass is 251 g/mol. The van der Waals surface area contributed by atoms with Gasteiger partial charge in [-0.2, -0.15) is 5.10 Å². The quantitative estimate of drug-likeness (QED) is 0.860. The molecule has 2 aliphatic heterocycles. The van der Waals surface area contributed by atoms with E-state index in [0.717, 1.165) is 45.8 Å². The van der Waals surface area contributed by atoms with Crippen molar-refractivity contribution in [1.29, 1.82) is 0 Å². The molecule has 0 radical (unpaired) electrons. The first-order chi connectivity index (χ1) is 8.86. The minimum absolute atomic E-state index is 0.323. The zero-order valence-electron chi connectivity index (χ0n) is 10.9. The van der Waals surface area contributed by atoms with Gasteiger partial charge in [-0.05, 0) is 25.3 Å². The van der Waals surface area contributed by atoms with Crippen LogP contribution in [0.4, 0.5) is 0 Å². The van der Waals surface area contributed by atoms with E-state index < -0.39 is 0 Å². The van der Waals surface area contributed by atoms with Crippen molar-refractivity contribution in [2.45, 2.75) is 31.8 Å². The third kappa shape index (κ3) is 2.30. The van der Waals surface area contributed by atoms with Crippen LogP contribution in [0, 0.1) is 6.92 Å². The Morgan fingerprint density at radius 1 is 1.28 bits per heavy atom. The Bertz CT molecular complexity index is 387. The summed E-state index contributed by atoms with van der Waals surface area (Å²) in [7, 11) is 0. The van der Waals surface area contributed by atoms with Gasteiger partial charge in [0.2, 0.25) is 0 Å². The van der Waals surface area contributed by atoms with E-state index in [1.165, 1.54) is 11.3 Å². The number of aromatic nitrogens is 2. The second kappa shape index (κ2) is 5.38. The van der Waals surface area contributed by atoms with Gasteiger partial charge in [-0.3, -0.25) is 10.00 Å². The zero-order valence-corrected chi connectivity index (χ0v) is 10.9. The van der Waals surface area contributed by atoms with Gasteiger partial charge in [0.05, 0.1) is 31.1 Å². The highest BCUT2D eigenvalue weighted by Gasteiger charge is 2.32. The normalized spacial score (nSPS) is 27.5. The van der Waals surface area contributed by atoms with Crippen LogP contribution in [0.15, 0.2) is 6.20 Å². The Morgan fingerprint density at radius 3 is 2.83 bits per heavy atom. The molecule has 0 saturated carbocycles. The fourth-order valence-electron chi connectivity index (χ4n) is 3.01. The van der Waals surface area contributed by atoms with Crippen molar-refractivity contribution < 1.29 is 9.47 Å². The first-order valence-corrected chi connectivity index (χ1v) is 6.77. The Hall–Kier alpha value is -0.910. The maximum Gasteiger partial charge on any atom is 0.0757 e. The highest BCUT2D eigenvalue weighted by molar-refractivity contribution is 5.19. The number of H-pyrrole nitrogens is 1. The molecule has 3 heterocycles. The number of morpholine rings is 1. The molecular weight excluding hydrogens is 230 g/mol. The summed E-state index contributed by atoms with van der Waals surface area (Å²) in [6.45, 7) is 6.48. The number of nitrogens with one attached hydrogen (secondary N) is 1. The highest BCUT2D eigenvalue weighted by Crippen LogP contribution is 2.29. The van der Waals surface area contributed by atoms with Crippen LogP contribution in [0.1, 0.15) is 30.1 Å². The second-order valence-corrected chi connectivity index (χ2v) is 5.14. The predicted octanol–water partition coefficient (Wildman–Crippen LogP) is 1.27. The first-order valence-electron chi connectivity index (χ1n) is 6.77. The van der Waals surface area contributed by atoms with Crippen molar-refractivity contribution in [2.75, 3.05) is 33.0 Å². The molecule has 1 aromatic heterocycles. The molecule has 5 heteroatoms. The smallest absolute Gasteiger partial charge is 0.0757 e. The lowest BCUT2D eigenvalue weighted by atomic mass is 10.0. The Kier molecular flexibility index (Phi) is 3.63. The average Bonchev–Trinajstić information content (AvgIpc) is 2.86. The fourth-order valence-corrected chi connectivity index (χ4v) is 3.01. The number of rotatable bonds is 2. The number of hydrogen-bond donors (Lipinski definition) is 1. The third-order valence-corrected chi connectivity index (χ3v) is 4.03. The van der Waals surface area contributed by atoms with Gasteiger partial charge < -0.3 is 9.47 Å². The summed E-state index contributed by atoms with van der Waals surface area (Å²) >= 11 is 0. The molecule has 1 atom stereocenters. The maximum atomic E-state index is 5.66. The van der Waals surface area contributed by atoms with Crippen LogP contribution in [0.25, 0.3) is 0 Å². The van der Waals surface area contributed by atoms with Crippen LogP contribution in [0.2, 0.25) is 0 Å². The number of hydrogen-bond acceptors (Lipinski definition) is 4. The molecule has 1 unspecified atom stereocenters. The van der Waals surface area contributed by atoms with Gasteiger partial charge in [0.15, 0.2) is 0 Å². The molecule has 0 aliphatic carbocycles. The Balaban J connectivity index is 1.79. The molecule has 3 rings (SSSR count). The van der Waals surface area contributed by atoms with Crippen molar-refractivity contribution in [1.82, 2.24) is 15.1 Å². The van der Waals surface area contributed by atoms with Gasteiger partial charge in [-0.15, -0.1) is 0 Å². The molecule has 18 heavy (non-hydrogen) atoms. The van der Waals surface area contributed by atoms with Crippen molar-refractivity contribution >= 4 is 0 Å². The summed E-state index contributed by atoms with van der Waals surface area (Å²) in [5.74, 6) is 0. The topological polar surface area (TPSA) is 50.4 Å². The van der Waals surface area contributed by atoms with E-state index in [1.807, 2.05) is 6.20 Å². The van der Waals surface area contributed by atoms with E-state index in [-0.39, 0.29) is 0 Å². The average molecular weight is 251 g/mol. The van der Waals surface area contributed by atoms with Crippen molar-refractivity contribution in [3.63, 3.8) is 0 Å². The van der Waals surface area contributed by atoms with Crippen LogP contribution in [0.3, 0.4) is 0 Å². The van der Waals surface area contributed by atoms with Gasteiger partial charge in [0.25, 0.3) is 0 Å². The summed E-state index contributed by atoms with van der Waals surface area (Å²) in [6, 6.07) is 0.944. The van der Waals surface area contributed by atoms with Crippen LogP contribution in [-0.2, 0) is 9.47 Å². The number of ether oxygens (including phenoxy) is 2. The Labute approximate surface area is 107 Å². The lowest BCUT2D eigenvalue weighted by Crippen LogP contribution is -2.48. The lowest BCUT2D eigenvalue weighted by molar-refractivity contribution is -0.0580. The van der Waals surface area contributed by atoms with Crippen LogP contribution in [-0.4, -0.2) is 54.1 Å². The van der Waals surface area contributed by atoms with Gasteiger partial charge in [0.1, 0.15) is 0 Å². The molecule has 0 amide bonds. The SMILES string of the molecule is Cc1cn[nH]c1C1COCCN1C1CCOCC1. The van der Waals surface area contributed by atoms with Crippen LogP contribution < -0.4 is 0 Å². The number of aryl methyl sites for hydroxylation is 1. The molecule has 2 fully saturated rings. The van der Waals surface area contributed by atoms with Gasteiger partial charge in [0, 0.05) is 25.8 Å². The van der Waals surface area contributed by atoms with Crippen molar-refractivity contribution in [2.24, 2.45) is 0 Å². The summed E-state index contributed by atoms with van der Waals surface area (Å²) in [6.07, 6.45) is 4.15.